The number of piperidine rings is 1. The standard InChI is InChI=1S/C14H18N2O4S/c17-14-6-9-20-13-5-4-11(10-12(13)15-14)21(18,19)16-7-2-1-3-8-16/h4-5,10H,1-3,6-9H2,(H,15,17). The quantitative estimate of drug-likeness (QED) is 0.900. The van der Waals surface area contributed by atoms with Gasteiger partial charge >= 0.3 is 0 Å². The molecule has 0 aromatic heterocycles. The number of hydrogen-bond acceptors (Lipinski definition) is 4. The molecule has 1 saturated heterocycles. The first-order valence-electron chi connectivity index (χ1n) is 7.14. The monoisotopic (exact) mass is 310 g/mol. The van der Waals surface area contributed by atoms with E-state index in [1.807, 2.05) is 0 Å². The molecule has 1 N–H and O–H groups in total. The van der Waals surface area contributed by atoms with Crippen molar-refractivity contribution in [1.82, 2.24) is 4.31 Å². The Hall–Kier alpha value is -1.60. The Morgan fingerprint density at radius 3 is 2.67 bits per heavy atom. The lowest BCUT2D eigenvalue weighted by Gasteiger charge is -2.26. The highest BCUT2D eigenvalue weighted by Gasteiger charge is 2.27. The van der Waals surface area contributed by atoms with Crippen molar-refractivity contribution in [1.29, 1.82) is 0 Å². The summed E-state index contributed by atoms with van der Waals surface area (Å²) in [4.78, 5) is 11.8. The number of carbonyl (C=O) groups is 1. The molecule has 2 heterocycles. The van der Waals surface area contributed by atoms with Crippen molar-refractivity contribution < 1.29 is 17.9 Å². The van der Waals surface area contributed by atoms with Crippen LogP contribution in [0.1, 0.15) is 25.7 Å². The van der Waals surface area contributed by atoms with E-state index in [2.05, 4.69) is 5.32 Å². The third-order valence-corrected chi connectivity index (χ3v) is 5.66. The summed E-state index contributed by atoms with van der Waals surface area (Å²) in [5.74, 6) is 0.347. The molecule has 6 nitrogen and oxygen atoms in total. The third-order valence-electron chi connectivity index (χ3n) is 3.76. The van der Waals surface area contributed by atoms with E-state index in [0.717, 1.165) is 19.3 Å². The zero-order valence-corrected chi connectivity index (χ0v) is 12.5. The third kappa shape index (κ3) is 2.89. The molecule has 0 bridgehead atoms. The Balaban J connectivity index is 1.94. The number of sulfonamides is 1. The number of nitrogens with zero attached hydrogens (tertiary/aromatic N) is 1. The van der Waals surface area contributed by atoms with Crippen molar-refractivity contribution in [3.63, 3.8) is 0 Å². The van der Waals surface area contributed by atoms with Crippen molar-refractivity contribution >= 4 is 21.6 Å². The van der Waals surface area contributed by atoms with Crippen LogP contribution in [0.3, 0.4) is 0 Å². The molecule has 114 valence electrons. The van der Waals surface area contributed by atoms with Crippen LogP contribution in [0.4, 0.5) is 5.69 Å². The van der Waals surface area contributed by atoms with Crippen LogP contribution in [-0.4, -0.2) is 38.3 Å². The Morgan fingerprint density at radius 1 is 1.14 bits per heavy atom. The van der Waals surface area contributed by atoms with E-state index in [1.165, 1.54) is 10.4 Å². The predicted octanol–water partition coefficient (Wildman–Crippen LogP) is 1.58. The Kier molecular flexibility index (Phi) is 3.86. The highest BCUT2D eigenvalue weighted by molar-refractivity contribution is 7.89. The van der Waals surface area contributed by atoms with Crippen LogP contribution >= 0.6 is 0 Å². The fourth-order valence-electron chi connectivity index (χ4n) is 2.61. The zero-order chi connectivity index (χ0) is 14.9. The van der Waals surface area contributed by atoms with E-state index in [9.17, 15) is 13.2 Å². The molecule has 21 heavy (non-hydrogen) atoms. The minimum absolute atomic E-state index is 0.165. The number of ether oxygens (including phenoxy) is 1. The normalized spacial score (nSPS) is 20.1. The summed E-state index contributed by atoms with van der Waals surface area (Å²) >= 11 is 0. The number of benzene rings is 1. The Bertz CT molecular complexity index is 651. The second kappa shape index (κ2) is 5.65. The van der Waals surface area contributed by atoms with Gasteiger partial charge in [0.2, 0.25) is 15.9 Å². The molecule has 0 aliphatic carbocycles. The van der Waals surface area contributed by atoms with Crippen LogP contribution in [-0.2, 0) is 14.8 Å². The summed E-state index contributed by atoms with van der Waals surface area (Å²) in [5.41, 5.74) is 0.426. The summed E-state index contributed by atoms with van der Waals surface area (Å²) in [6.07, 6.45) is 3.12. The minimum Gasteiger partial charge on any atom is -0.491 e. The molecule has 0 atom stereocenters. The molecule has 0 unspecified atom stereocenters. The van der Waals surface area contributed by atoms with Crippen molar-refractivity contribution in [2.75, 3.05) is 25.0 Å². The molecule has 1 amide bonds. The fraction of sp³-hybridized carbons (Fsp3) is 0.500. The largest absolute Gasteiger partial charge is 0.491 e. The van der Waals surface area contributed by atoms with Crippen LogP contribution in [0.2, 0.25) is 0 Å². The van der Waals surface area contributed by atoms with Crippen LogP contribution < -0.4 is 10.1 Å². The van der Waals surface area contributed by atoms with Gasteiger partial charge in [0.15, 0.2) is 0 Å². The second-order valence-corrected chi connectivity index (χ2v) is 7.21. The predicted molar refractivity (Wildman–Crippen MR) is 77.8 cm³/mol. The van der Waals surface area contributed by atoms with Gasteiger partial charge in [-0.2, -0.15) is 4.31 Å². The number of carbonyl (C=O) groups excluding carboxylic acids is 1. The van der Waals surface area contributed by atoms with Crippen LogP contribution in [0.5, 0.6) is 5.75 Å². The van der Waals surface area contributed by atoms with Gasteiger partial charge < -0.3 is 10.1 Å². The van der Waals surface area contributed by atoms with Gasteiger partial charge in [-0.1, -0.05) is 6.42 Å². The maximum absolute atomic E-state index is 12.6. The van der Waals surface area contributed by atoms with Gasteiger partial charge in [-0.25, -0.2) is 8.42 Å². The number of anilines is 1. The molecule has 2 aliphatic rings. The molecular formula is C14H18N2O4S. The lowest BCUT2D eigenvalue weighted by Crippen LogP contribution is -2.35. The van der Waals surface area contributed by atoms with E-state index < -0.39 is 10.0 Å². The maximum Gasteiger partial charge on any atom is 0.243 e. The average Bonchev–Trinajstić information content (AvgIpc) is 2.68. The SMILES string of the molecule is O=C1CCOc2ccc(S(=O)(=O)N3CCCCC3)cc2N1. The lowest BCUT2D eigenvalue weighted by molar-refractivity contribution is -0.116. The highest BCUT2D eigenvalue weighted by Crippen LogP contribution is 2.31. The first kappa shape index (κ1) is 14.3. The van der Waals surface area contributed by atoms with Crippen LogP contribution in [0.15, 0.2) is 23.1 Å². The van der Waals surface area contributed by atoms with Gasteiger partial charge in [0.05, 0.1) is 23.6 Å². The maximum atomic E-state index is 12.6. The smallest absolute Gasteiger partial charge is 0.243 e. The fourth-order valence-corrected chi connectivity index (χ4v) is 4.16. The average molecular weight is 310 g/mol. The summed E-state index contributed by atoms with van der Waals surface area (Å²) in [5, 5.41) is 2.69. The van der Waals surface area contributed by atoms with Gasteiger partial charge in [0, 0.05) is 13.1 Å². The second-order valence-electron chi connectivity index (χ2n) is 5.27. The van der Waals surface area contributed by atoms with Crippen LogP contribution in [0, 0.1) is 0 Å². The molecular weight excluding hydrogens is 292 g/mol. The molecule has 1 aromatic rings. The molecule has 7 heteroatoms. The van der Waals surface area contributed by atoms with E-state index >= 15 is 0 Å². The van der Waals surface area contributed by atoms with Gasteiger partial charge in [-0.05, 0) is 31.0 Å². The molecule has 1 aromatic carbocycles. The first-order valence-corrected chi connectivity index (χ1v) is 8.58. The molecule has 1 fully saturated rings. The van der Waals surface area contributed by atoms with E-state index in [0.29, 0.717) is 31.1 Å². The number of nitrogens with one attached hydrogen (secondary N) is 1. The minimum atomic E-state index is -3.50. The summed E-state index contributed by atoms with van der Waals surface area (Å²) in [6.45, 7) is 1.42. The summed E-state index contributed by atoms with van der Waals surface area (Å²) < 4.78 is 32.2. The van der Waals surface area contributed by atoms with E-state index in [1.54, 1.807) is 12.1 Å². The van der Waals surface area contributed by atoms with Crippen molar-refractivity contribution in [3.8, 4) is 5.75 Å². The zero-order valence-electron chi connectivity index (χ0n) is 11.7. The number of hydrogen-bond donors (Lipinski definition) is 1. The number of rotatable bonds is 2. The van der Waals surface area contributed by atoms with Gasteiger partial charge in [-0.3, -0.25) is 4.79 Å². The Morgan fingerprint density at radius 2 is 1.90 bits per heavy atom. The molecule has 0 spiro atoms. The molecule has 0 saturated carbocycles. The molecule has 0 radical (unpaired) electrons. The topological polar surface area (TPSA) is 75.7 Å². The number of fused-ring (bicyclic) bond motifs is 1. The van der Waals surface area contributed by atoms with E-state index in [4.69, 9.17) is 4.74 Å². The summed E-state index contributed by atoms with van der Waals surface area (Å²) in [7, 11) is -3.50. The Labute approximate surface area is 124 Å². The van der Waals surface area contributed by atoms with Gasteiger partial charge in [0.1, 0.15) is 5.75 Å². The summed E-state index contributed by atoms with van der Waals surface area (Å²) in [6, 6.07) is 4.64. The van der Waals surface area contributed by atoms with E-state index in [-0.39, 0.29) is 17.2 Å². The van der Waals surface area contributed by atoms with Crippen molar-refractivity contribution in [2.45, 2.75) is 30.6 Å². The van der Waals surface area contributed by atoms with Crippen LogP contribution in [0.25, 0.3) is 0 Å². The van der Waals surface area contributed by atoms with Crippen molar-refractivity contribution in [2.24, 2.45) is 0 Å². The van der Waals surface area contributed by atoms with Gasteiger partial charge in [-0.15, -0.1) is 0 Å². The van der Waals surface area contributed by atoms with Crippen molar-refractivity contribution in [3.05, 3.63) is 18.2 Å². The molecule has 3 rings (SSSR count). The molecule has 2 aliphatic heterocycles. The number of amides is 1. The van der Waals surface area contributed by atoms with Gasteiger partial charge in [0.25, 0.3) is 0 Å². The lowest BCUT2D eigenvalue weighted by atomic mass is 10.2. The first-order chi connectivity index (χ1) is 10.1. The highest BCUT2D eigenvalue weighted by atomic mass is 32.2.